The molecule has 0 N–H and O–H groups in total. The largest absolute Gasteiger partial charge is 0.468 e. The zero-order chi connectivity index (χ0) is 13.7. The lowest BCUT2D eigenvalue weighted by atomic mass is 10.3. The van der Waals surface area contributed by atoms with Crippen LogP contribution in [0.1, 0.15) is 6.42 Å². The lowest BCUT2D eigenvalue weighted by Gasteiger charge is -2.11. The van der Waals surface area contributed by atoms with E-state index in [0.29, 0.717) is 13.0 Å². The highest BCUT2D eigenvalue weighted by molar-refractivity contribution is 8.02. The van der Waals surface area contributed by atoms with E-state index in [4.69, 9.17) is 9.47 Å². The first-order chi connectivity index (χ1) is 9.24. The van der Waals surface area contributed by atoms with E-state index < -0.39 is 0 Å². The number of methoxy groups -OCH3 is 2. The van der Waals surface area contributed by atoms with Crippen molar-refractivity contribution in [2.45, 2.75) is 16.0 Å². The Balaban J connectivity index is 2.13. The SMILES string of the molecule is COCCC(Sc1nc2ccccc2s1)C(=O)OC. The van der Waals surface area contributed by atoms with Crippen molar-refractivity contribution in [3.05, 3.63) is 24.3 Å². The van der Waals surface area contributed by atoms with Gasteiger partial charge in [-0.1, -0.05) is 23.9 Å². The molecule has 1 atom stereocenters. The molecule has 0 aliphatic heterocycles. The van der Waals surface area contributed by atoms with Crippen LogP contribution in [0.2, 0.25) is 0 Å². The molecule has 0 radical (unpaired) electrons. The highest BCUT2D eigenvalue weighted by atomic mass is 32.2. The number of fused-ring (bicyclic) bond motifs is 1. The summed E-state index contributed by atoms with van der Waals surface area (Å²) in [6.45, 7) is 0.525. The number of carbonyl (C=O) groups is 1. The monoisotopic (exact) mass is 297 g/mol. The molecular weight excluding hydrogens is 282 g/mol. The molecule has 6 heteroatoms. The number of nitrogens with zero attached hydrogens (tertiary/aromatic N) is 1. The minimum absolute atomic E-state index is 0.235. The molecule has 1 aromatic heterocycles. The summed E-state index contributed by atoms with van der Waals surface area (Å²) in [7, 11) is 3.03. The molecule has 0 saturated carbocycles. The first-order valence-electron chi connectivity index (χ1n) is 5.83. The van der Waals surface area contributed by atoms with Crippen molar-refractivity contribution in [3.63, 3.8) is 0 Å². The lowest BCUT2D eigenvalue weighted by Crippen LogP contribution is -2.20. The van der Waals surface area contributed by atoms with Crippen molar-refractivity contribution in [2.75, 3.05) is 20.8 Å². The molecule has 0 amide bonds. The third-order valence-corrected chi connectivity index (χ3v) is 4.94. The molecule has 0 bridgehead atoms. The van der Waals surface area contributed by atoms with E-state index in [2.05, 4.69) is 4.98 Å². The molecule has 1 aromatic carbocycles. The van der Waals surface area contributed by atoms with Crippen LogP contribution in [0.15, 0.2) is 28.6 Å². The number of esters is 1. The van der Waals surface area contributed by atoms with E-state index in [1.54, 1.807) is 18.4 Å². The standard InChI is InChI=1S/C13H15NO3S2/c1-16-8-7-11(12(15)17-2)19-13-14-9-5-3-4-6-10(9)18-13/h3-6,11H,7-8H2,1-2H3. The fourth-order valence-electron chi connectivity index (χ4n) is 1.60. The van der Waals surface area contributed by atoms with Crippen LogP contribution in [0.4, 0.5) is 0 Å². The highest BCUT2D eigenvalue weighted by Crippen LogP contribution is 2.33. The van der Waals surface area contributed by atoms with Crippen molar-refractivity contribution in [2.24, 2.45) is 0 Å². The van der Waals surface area contributed by atoms with Crippen LogP contribution in [0, 0.1) is 0 Å². The van der Waals surface area contributed by atoms with Gasteiger partial charge in [-0.05, 0) is 18.6 Å². The molecule has 0 fully saturated rings. The van der Waals surface area contributed by atoms with Crippen molar-refractivity contribution < 1.29 is 14.3 Å². The van der Waals surface area contributed by atoms with E-state index >= 15 is 0 Å². The van der Waals surface area contributed by atoms with Crippen LogP contribution in [0.3, 0.4) is 0 Å². The average Bonchev–Trinajstić information content (AvgIpc) is 2.84. The van der Waals surface area contributed by atoms with E-state index in [1.807, 2.05) is 24.3 Å². The number of thiazole rings is 1. The van der Waals surface area contributed by atoms with Gasteiger partial charge in [0, 0.05) is 13.7 Å². The van der Waals surface area contributed by atoms with Gasteiger partial charge in [0.2, 0.25) is 0 Å². The van der Waals surface area contributed by atoms with Gasteiger partial charge in [0.05, 0.1) is 17.3 Å². The number of hydrogen-bond acceptors (Lipinski definition) is 6. The molecule has 19 heavy (non-hydrogen) atoms. The van der Waals surface area contributed by atoms with Crippen LogP contribution in [0.25, 0.3) is 10.2 Å². The van der Waals surface area contributed by atoms with E-state index in [-0.39, 0.29) is 11.2 Å². The van der Waals surface area contributed by atoms with E-state index in [0.717, 1.165) is 14.6 Å². The molecule has 102 valence electrons. The Kier molecular flexibility index (Phi) is 5.18. The highest BCUT2D eigenvalue weighted by Gasteiger charge is 2.22. The smallest absolute Gasteiger partial charge is 0.319 e. The molecule has 4 nitrogen and oxygen atoms in total. The predicted molar refractivity (Wildman–Crippen MR) is 77.8 cm³/mol. The Morgan fingerprint density at radius 3 is 2.89 bits per heavy atom. The molecule has 0 spiro atoms. The molecule has 1 unspecified atom stereocenters. The molecule has 0 aliphatic carbocycles. The second-order valence-corrected chi connectivity index (χ2v) is 6.34. The number of hydrogen-bond donors (Lipinski definition) is 0. The van der Waals surface area contributed by atoms with Crippen molar-refractivity contribution in [3.8, 4) is 0 Å². The molecule has 0 saturated heterocycles. The topological polar surface area (TPSA) is 48.4 Å². The first-order valence-corrected chi connectivity index (χ1v) is 7.53. The minimum Gasteiger partial charge on any atom is -0.468 e. The average molecular weight is 297 g/mol. The molecule has 2 rings (SSSR count). The van der Waals surface area contributed by atoms with Gasteiger partial charge >= 0.3 is 5.97 Å². The maximum Gasteiger partial charge on any atom is 0.319 e. The summed E-state index contributed by atoms with van der Waals surface area (Å²) in [5.74, 6) is -0.235. The lowest BCUT2D eigenvalue weighted by molar-refractivity contribution is -0.140. The second kappa shape index (κ2) is 6.88. The summed E-state index contributed by atoms with van der Waals surface area (Å²) in [4.78, 5) is 16.2. The Morgan fingerprint density at radius 2 is 2.21 bits per heavy atom. The van der Waals surface area contributed by atoms with Gasteiger partial charge in [0.1, 0.15) is 5.25 Å². The summed E-state index contributed by atoms with van der Waals surface area (Å²) < 4.78 is 11.9. The molecule has 1 heterocycles. The summed E-state index contributed by atoms with van der Waals surface area (Å²) in [6.07, 6.45) is 0.615. The maximum absolute atomic E-state index is 11.7. The molecular formula is C13H15NO3S2. The minimum atomic E-state index is -0.273. The third kappa shape index (κ3) is 3.68. The van der Waals surface area contributed by atoms with Gasteiger partial charge in [0.25, 0.3) is 0 Å². The summed E-state index contributed by atoms with van der Waals surface area (Å²) in [6, 6.07) is 7.94. The van der Waals surface area contributed by atoms with Gasteiger partial charge in [-0.2, -0.15) is 0 Å². The summed E-state index contributed by atoms with van der Waals surface area (Å²) in [5.41, 5.74) is 0.963. The number of aromatic nitrogens is 1. The Morgan fingerprint density at radius 1 is 1.42 bits per heavy atom. The fraction of sp³-hybridized carbons (Fsp3) is 0.385. The normalized spacial score (nSPS) is 12.5. The van der Waals surface area contributed by atoms with Gasteiger partial charge in [-0.3, -0.25) is 4.79 Å². The number of carbonyl (C=O) groups excluding carboxylic acids is 1. The van der Waals surface area contributed by atoms with Crippen molar-refractivity contribution in [1.82, 2.24) is 4.98 Å². The number of benzene rings is 1. The van der Waals surface area contributed by atoms with Crippen LogP contribution in [-0.4, -0.2) is 37.0 Å². The molecule has 2 aromatic rings. The Labute approximate surface area is 120 Å². The van der Waals surface area contributed by atoms with Crippen LogP contribution >= 0.6 is 23.1 Å². The third-order valence-electron chi connectivity index (χ3n) is 2.57. The number of rotatable bonds is 6. The number of para-hydroxylation sites is 1. The van der Waals surface area contributed by atoms with Crippen LogP contribution < -0.4 is 0 Å². The second-order valence-electron chi connectivity index (χ2n) is 3.86. The van der Waals surface area contributed by atoms with E-state index in [1.165, 1.54) is 18.9 Å². The van der Waals surface area contributed by atoms with Crippen LogP contribution in [-0.2, 0) is 14.3 Å². The predicted octanol–water partition coefficient (Wildman–Crippen LogP) is 2.97. The van der Waals surface area contributed by atoms with Crippen molar-refractivity contribution >= 4 is 39.3 Å². The van der Waals surface area contributed by atoms with Gasteiger partial charge in [0.15, 0.2) is 4.34 Å². The van der Waals surface area contributed by atoms with E-state index in [9.17, 15) is 4.79 Å². The first kappa shape index (κ1) is 14.3. The fourth-order valence-corrected chi connectivity index (χ4v) is 3.91. The molecule has 0 aliphatic rings. The van der Waals surface area contributed by atoms with Crippen molar-refractivity contribution in [1.29, 1.82) is 0 Å². The van der Waals surface area contributed by atoms with Crippen LogP contribution in [0.5, 0.6) is 0 Å². The maximum atomic E-state index is 11.7. The summed E-state index contributed by atoms with van der Waals surface area (Å²) in [5, 5.41) is -0.273. The number of ether oxygens (including phenoxy) is 2. The zero-order valence-corrected chi connectivity index (χ0v) is 12.4. The quantitative estimate of drug-likeness (QED) is 0.606. The zero-order valence-electron chi connectivity index (χ0n) is 10.8. The Hall–Kier alpha value is -1.11. The van der Waals surface area contributed by atoms with Gasteiger partial charge in [-0.25, -0.2) is 4.98 Å². The van der Waals surface area contributed by atoms with Gasteiger partial charge < -0.3 is 9.47 Å². The number of thioether (sulfide) groups is 1. The Bertz CT molecular complexity index is 523. The van der Waals surface area contributed by atoms with Gasteiger partial charge in [-0.15, -0.1) is 11.3 Å². The summed E-state index contributed by atoms with van der Waals surface area (Å²) >= 11 is 3.03.